The minimum absolute atomic E-state index is 0.114. The number of aliphatic hydroxyl groups is 1. The number of nitrogens with one attached hydrogen (secondary N) is 2. The lowest BCUT2D eigenvalue weighted by Gasteiger charge is -2.36. The van der Waals surface area contributed by atoms with E-state index in [2.05, 4.69) is 10.6 Å². The topological polar surface area (TPSA) is 117 Å². The molecule has 3 unspecified atom stereocenters. The molecule has 0 radical (unpaired) electrons. The Morgan fingerprint density at radius 1 is 1.15 bits per heavy atom. The van der Waals surface area contributed by atoms with Gasteiger partial charge in [-0.3, -0.25) is 14.4 Å². The van der Waals surface area contributed by atoms with Gasteiger partial charge < -0.3 is 30.1 Å². The smallest absolute Gasteiger partial charge is 0.250 e. The zero-order valence-corrected chi connectivity index (χ0v) is 23.9. The van der Waals surface area contributed by atoms with Crippen LogP contribution in [0.15, 0.2) is 48.5 Å². The van der Waals surface area contributed by atoms with Crippen molar-refractivity contribution < 1.29 is 29.0 Å². The maximum Gasteiger partial charge on any atom is 0.250 e. The van der Waals surface area contributed by atoms with Crippen LogP contribution >= 0.6 is 11.6 Å². The van der Waals surface area contributed by atoms with Crippen LogP contribution in [0.2, 0.25) is 5.02 Å². The van der Waals surface area contributed by atoms with Crippen molar-refractivity contribution in [1.82, 2.24) is 4.90 Å². The monoisotopic (exact) mass is 569 g/mol. The van der Waals surface area contributed by atoms with Gasteiger partial charge in [-0.15, -0.1) is 0 Å². The van der Waals surface area contributed by atoms with Gasteiger partial charge in [-0.25, -0.2) is 0 Å². The molecule has 3 fully saturated rings. The quantitative estimate of drug-likeness (QED) is 0.419. The molecule has 2 bridgehead atoms. The fourth-order valence-electron chi connectivity index (χ4n) is 6.97. The fraction of sp³-hybridized carbons (Fsp3) is 0.500. The molecule has 40 heavy (non-hydrogen) atoms. The largest absolute Gasteiger partial charge is 0.494 e. The highest BCUT2D eigenvalue weighted by atomic mass is 35.5. The third-order valence-electron chi connectivity index (χ3n) is 8.92. The van der Waals surface area contributed by atoms with Crippen LogP contribution in [0.4, 0.5) is 11.4 Å². The summed E-state index contributed by atoms with van der Waals surface area (Å²) in [6.45, 7) is 7.80. The van der Waals surface area contributed by atoms with E-state index in [0.717, 1.165) is 0 Å². The number of carbonyl (C=O) groups is 3. The van der Waals surface area contributed by atoms with Gasteiger partial charge in [-0.1, -0.05) is 37.6 Å². The first-order valence-corrected chi connectivity index (χ1v) is 14.2. The number of aliphatic hydroxyl groups excluding tert-OH is 1. The van der Waals surface area contributed by atoms with Gasteiger partial charge in [0.15, 0.2) is 0 Å². The minimum atomic E-state index is -1.24. The Bertz CT molecular complexity index is 1300. The maximum atomic E-state index is 14.2. The van der Waals surface area contributed by atoms with Gasteiger partial charge in [0.1, 0.15) is 17.4 Å². The number of hydrogen-bond acceptors (Lipinski definition) is 6. The van der Waals surface area contributed by atoms with Gasteiger partial charge in [0.25, 0.3) is 0 Å². The van der Waals surface area contributed by atoms with E-state index in [0.29, 0.717) is 41.6 Å². The molecule has 3 N–H and O–H groups in total. The molecule has 0 aliphatic carbocycles. The predicted molar refractivity (Wildman–Crippen MR) is 151 cm³/mol. The van der Waals surface area contributed by atoms with Crippen LogP contribution < -0.4 is 15.4 Å². The Morgan fingerprint density at radius 2 is 1.85 bits per heavy atom. The van der Waals surface area contributed by atoms with E-state index < -0.39 is 41.0 Å². The van der Waals surface area contributed by atoms with Gasteiger partial charge in [-0.2, -0.15) is 0 Å². The number of halogens is 1. The lowest BCUT2D eigenvalue weighted by atomic mass is 9.62. The summed E-state index contributed by atoms with van der Waals surface area (Å²) >= 11 is 6.33. The second-order valence-corrected chi connectivity index (χ2v) is 11.5. The van der Waals surface area contributed by atoms with Crippen molar-refractivity contribution in [2.24, 2.45) is 17.8 Å². The molecule has 3 aliphatic rings. The van der Waals surface area contributed by atoms with Crippen LogP contribution in [0.25, 0.3) is 0 Å². The highest BCUT2D eigenvalue weighted by molar-refractivity contribution is 6.33. The zero-order chi connectivity index (χ0) is 28.8. The molecule has 214 valence electrons. The first-order valence-electron chi connectivity index (χ1n) is 13.8. The molecule has 0 saturated carbocycles. The molecule has 7 atom stereocenters. The van der Waals surface area contributed by atoms with Crippen LogP contribution in [0.1, 0.15) is 40.5 Å². The van der Waals surface area contributed by atoms with Crippen molar-refractivity contribution in [2.45, 2.75) is 63.8 Å². The molecule has 10 heteroatoms. The summed E-state index contributed by atoms with van der Waals surface area (Å²) in [4.78, 5) is 43.6. The van der Waals surface area contributed by atoms with E-state index in [1.54, 1.807) is 48.5 Å². The number of ether oxygens (including phenoxy) is 2. The van der Waals surface area contributed by atoms with Gasteiger partial charge in [0.05, 0.1) is 47.4 Å². The van der Waals surface area contributed by atoms with E-state index >= 15 is 0 Å². The summed E-state index contributed by atoms with van der Waals surface area (Å²) in [6.07, 6.45) is 0.850. The van der Waals surface area contributed by atoms with E-state index in [1.807, 2.05) is 27.7 Å². The van der Waals surface area contributed by atoms with Gasteiger partial charge >= 0.3 is 0 Å². The molecule has 2 aromatic carbocycles. The average Bonchev–Trinajstić information content (AvgIpc) is 3.44. The molecule has 5 rings (SSSR count). The number of anilines is 2. The summed E-state index contributed by atoms with van der Waals surface area (Å²) in [5.41, 5.74) is -1.22. The molecular weight excluding hydrogens is 534 g/mol. The number of carbonyl (C=O) groups excluding carboxylic acids is 3. The van der Waals surface area contributed by atoms with E-state index in [1.165, 1.54) is 4.90 Å². The number of para-hydroxylation sites is 1. The van der Waals surface area contributed by atoms with Crippen molar-refractivity contribution in [3.05, 3.63) is 53.6 Å². The first-order chi connectivity index (χ1) is 19.1. The Morgan fingerprint density at radius 3 is 2.48 bits per heavy atom. The van der Waals surface area contributed by atoms with Crippen molar-refractivity contribution >= 4 is 40.7 Å². The van der Waals surface area contributed by atoms with Crippen molar-refractivity contribution in [3.63, 3.8) is 0 Å². The number of benzene rings is 2. The summed E-state index contributed by atoms with van der Waals surface area (Å²) in [5, 5.41) is 16.4. The lowest BCUT2D eigenvalue weighted by Crippen LogP contribution is -2.56. The Kier molecular flexibility index (Phi) is 7.58. The zero-order valence-electron chi connectivity index (χ0n) is 23.1. The van der Waals surface area contributed by atoms with Gasteiger partial charge in [0, 0.05) is 5.69 Å². The fourth-order valence-corrected chi connectivity index (χ4v) is 7.15. The third kappa shape index (κ3) is 4.35. The van der Waals surface area contributed by atoms with Gasteiger partial charge in [-0.05, 0) is 69.0 Å². The summed E-state index contributed by atoms with van der Waals surface area (Å²) in [7, 11) is 0. The van der Waals surface area contributed by atoms with Crippen molar-refractivity contribution in [2.75, 3.05) is 23.8 Å². The van der Waals surface area contributed by atoms with Crippen LogP contribution in [0.3, 0.4) is 0 Å². The number of rotatable bonds is 9. The van der Waals surface area contributed by atoms with Crippen LogP contribution in [0, 0.1) is 17.8 Å². The molecule has 0 aromatic heterocycles. The first kappa shape index (κ1) is 28.4. The highest BCUT2D eigenvalue weighted by Gasteiger charge is 2.80. The SMILES string of the molecule is CCOc1ccc(NC(=O)[C@@H]2[C@H]3C(=O)N([C@@H](CC)CO)C(C(=O)Nc4ccccc4Cl)C34CC(C)[C@@]2(C)O4)cc1. The number of nitrogens with zero attached hydrogens (tertiary/aromatic N) is 1. The van der Waals surface area contributed by atoms with Crippen LogP contribution in [-0.4, -0.2) is 64.2 Å². The van der Waals surface area contributed by atoms with E-state index in [4.69, 9.17) is 21.1 Å². The Balaban J connectivity index is 1.52. The highest BCUT2D eigenvalue weighted by Crippen LogP contribution is 2.65. The van der Waals surface area contributed by atoms with Gasteiger partial charge in [0.2, 0.25) is 17.7 Å². The molecular formula is C30H36ClN3O6. The summed E-state index contributed by atoms with van der Waals surface area (Å²) in [6, 6.07) is 12.2. The second-order valence-electron chi connectivity index (χ2n) is 11.1. The predicted octanol–water partition coefficient (Wildman–Crippen LogP) is 4.10. The lowest BCUT2D eigenvalue weighted by molar-refractivity contribution is -0.148. The molecule has 9 nitrogen and oxygen atoms in total. The second kappa shape index (κ2) is 10.7. The molecule has 3 aliphatic heterocycles. The Labute approximate surface area is 239 Å². The molecule has 1 spiro atoms. The molecule has 2 aromatic rings. The normalized spacial score (nSPS) is 31.1. The third-order valence-corrected chi connectivity index (χ3v) is 9.25. The van der Waals surface area contributed by atoms with Crippen molar-refractivity contribution in [3.8, 4) is 5.75 Å². The van der Waals surface area contributed by atoms with Crippen LogP contribution in [0.5, 0.6) is 5.75 Å². The van der Waals surface area contributed by atoms with Crippen molar-refractivity contribution in [1.29, 1.82) is 0 Å². The molecule has 3 heterocycles. The maximum absolute atomic E-state index is 14.2. The standard InChI is InChI=1S/C30H36ClN3O6/c1-5-19(16-35)34-25(27(37)33-22-10-8-7-9-21(22)31)30-15-17(3)29(4,40-30)23(24(30)28(34)38)26(36)32-18-11-13-20(14-12-18)39-6-2/h7-14,17,19,23-25,35H,5-6,15-16H2,1-4H3,(H,32,36)(H,33,37)/t17?,19-,23-,24-,25?,29+,30?/m0/s1. The number of likely N-dealkylation sites (tertiary alicyclic amines) is 1. The minimum Gasteiger partial charge on any atom is -0.494 e. The molecule has 3 amide bonds. The average molecular weight is 570 g/mol. The van der Waals surface area contributed by atoms with E-state index in [-0.39, 0.29) is 24.3 Å². The summed E-state index contributed by atoms with van der Waals surface area (Å²) < 4.78 is 12.2. The molecule has 3 saturated heterocycles. The number of hydrogen-bond donors (Lipinski definition) is 3. The number of amides is 3. The Hall–Kier alpha value is -3.14. The van der Waals surface area contributed by atoms with E-state index in [9.17, 15) is 19.5 Å². The van der Waals surface area contributed by atoms with Crippen LogP contribution in [-0.2, 0) is 19.1 Å². The number of fused-ring (bicyclic) bond motifs is 1. The summed E-state index contributed by atoms with van der Waals surface area (Å²) in [5.74, 6) is -2.32.